The minimum atomic E-state index is 0.840. The van der Waals surface area contributed by atoms with E-state index in [2.05, 4.69) is 39.0 Å². The largest absolute Gasteiger partial charge is 0.193 e. The number of allylic oxidation sites excluding steroid dienone is 6. The summed E-state index contributed by atoms with van der Waals surface area (Å²) in [6, 6.07) is 2.27. The molecule has 0 bridgehead atoms. The molecule has 1 aliphatic rings. The first-order valence-corrected chi connectivity index (χ1v) is 5.53. The maximum absolute atomic E-state index is 8.85. The molecule has 0 unspecified atom stereocenters. The summed E-state index contributed by atoms with van der Waals surface area (Å²) < 4.78 is 0. The van der Waals surface area contributed by atoms with Gasteiger partial charge in [-0.3, -0.25) is 0 Å². The van der Waals surface area contributed by atoms with E-state index in [9.17, 15) is 0 Å². The molecular formula is C14H19N. The van der Waals surface area contributed by atoms with Gasteiger partial charge in [-0.25, -0.2) is 0 Å². The summed E-state index contributed by atoms with van der Waals surface area (Å²) in [6.07, 6.45) is 8.61. The average molecular weight is 201 g/mol. The lowest BCUT2D eigenvalue weighted by Gasteiger charge is -2.14. The van der Waals surface area contributed by atoms with Gasteiger partial charge in [0.05, 0.1) is 6.07 Å². The molecule has 0 aromatic carbocycles. The molecule has 0 saturated heterocycles. The van der Waals surface area contributed by atoms with Crippen molar-refractivity contribution in [3.63, 3.8) is 0 Å². The number of hydrogen-bond acceptors (Lipinski definition) is 1. The SMILES string of the molecule is CC(C)=CCCC1=CCC(C#N)=C(C)C1. The van der Waals surface area contributed by atoms with Crippen molar-refractivity contribution in [1.29, 1.82) is 5.26 Å². The van der Waals surface area contributed by atoms with E-state index in [1.807, 2.05) is 0 Å². The van der Waals surface area contributed by atoms with Gasteiger partial charge in [0, 0.05) is 12.0 Å². The van der Waals surface area contributed by atoms with Crippen molar-refractivity contribution >= 4 is 0 Å². The summed E-state index contributed by atoms with van der Waals surface area (Å²) in [5.74, 6) is 0. The van der Waals surface area contributed by atoms with Crippen LogP contribution in [0.5, 0.6) is 0 Å². The number of nitrogens with zero attached hydrogens (tertiary/aromatic N) is 1. The predicted octanol–water partition coefficient (Wildman–Crippen LogP) is 4.29. The van der Waals surface area contributed by atoms with Crippen LogP contribution < -0.4 is 0 Å². The van der Waals surface area contributed by atoms with Crippen molar-refractivity contribution in [2.75, 3.05) is 0 Å². The Labute approximate surface area is 92.8 Å². The highest BCUT2D eigenvalue weighted by Gasteiger charge is 2.09. The Morgan fingerprint density at radius 2 is 2.27 bits per heavy atom. The fraction of sp³-hybridized carbons (Fsp3) is 0.500. The van der Waals surface area contributed by atoms with Crippen LogP contribution in [0.15, 0.2) is 34.4 Å². The lowest BCUT2D eigenvalue weighted by atomic mass is 9.91. The Morgan fingerprint density at radius 1 is 1.53 bits per heavy atom. The second-order valence-corrected chi connectivity index (χ2v) is 4.43. The molecule has 15 heavy (non-hydrogen) atoms. The minimum absolute atomic E-state index is 0.840. The first-order chi connectivity index (χ1) is 7.13. The van der Waals surface area contributed by atoms with Gasteiger partial charge in [0.15, 0.2) is 0 Å². The normalized spacial score (nSPS) is 15.7. The third-order valence-electron chi connectivity index (χ3n) is 2.76. The van der Waals surface area contributed by atoms with Crippen molar-refractivity contribution in [1.82, 2.24) is 0 Å². The second kappa shape index (κ2) is 5.56. The van der Waals surface area contributed by atoms with E-state index < -0.39 is 0 Å². The standard InChI is InChI=1S/C14H19N/c1-11(2)5-4-6-13-7-8-14(10-15)12(3)9-13/h5,7H,4,6,8-9H2,1-3H3. The van der Waals surface area contributed by atoms with Gasteiger partial charge in [0.1, 0.15) is 0 Å². The molecule has 0 heterocycles. The highest BCUT2D eigenvalue weighted by atomic mass is 14.3. The molecule has 1 rings (SSSR count). The molecule has 1 nitrogen and oxygen atoms in total. The van der Waals surface area contributed by atoms with E-state index in [1.54, 1.807) is 0 Å². The van der Waals surface area contributed by atoms with Crippen LogP contribution in [0.25, 0.3) is 0 Å². The summed E-state index contributed by atoms with van der Waals surface area (Å²) in [4.78, 5) is 0. The van der Waals surface area contributed by atoms with Crippen LogP contribution >= 0.6 is 0 Å². The smallest absolute Gasteiger partial charge is 0.0949 e. The zero-order valence-corrected chi connectivity index (χ0v) is 9.93. The first kappa shape index (κ1) is 11.8. The van der Waals surface area contributed by atoms with Gasteiger partial charge in [-0.15, -0.1) is 0 Å². The summed E-state index contributed by atoms with van der Waals surface area (Å²) in [6.45, 7) is 6.34. The molecule has 1 aliphatic carbocycles. The van der Waals surface area contributed by atoms with E-state index in [0.29, 0.717) is 0 Å². The quantitative estimate of drug-likeness (QED) is 0.625. The Bertz CT molecular complexity index is 357. The van der Waals surface area contributed by atoms with Crippen LogP contribution in [0.1, 0.15) is 46.5 Å². The van der Waals surface area contributed by atoms with Gasteiger partial charge in [-0.2, -0.15) is 5.26 Å². The molecule has 1 heteroatoms. The van der Waals surface area contributed by atoms with Crippen LogP contribution in [0.2, 0.25) is 0 Å². The monoisotopic (exact) mass is 201 g/mol. The number of nitriles is 1. The molecule has 0 saturated carbocycles. The topological polar surface area (TPSA) is 23.8 Å². The third-order valence-corrected chi connectivity index (χ3v) is 2.76. The molecule has 0 aromatic heterocycles. The van der Waals surface area contributed by atoms with E-state index >= 15 is 0 Å². The predicted molar refractivity (Wildman–Crippen MR) is 64.3 cm³/mol. The molecule has 0 fully saturated rings. The van der Waals surface area contributed by atoms with Crippen molar-refractivity contribution < 1.29 is 0 Å². The zero-order valence-electron chi connectivity index (χ0n) is 9.93. The molecule has 0 atom stereocenters. The van der Waals surface area contributed by atoms with Crippen LogP contribution in [0.3, 0.4) is 0 Å². The molecular weight excluding hydrogens is 182 g/mol. The minimum Gasteiger partial charge on any atom is -0.193 e. The second-order valence-electron chi connectivity index (χ2n) is 4.43. The molecule has 0 aliphatic heterocycles. The number of hydrogen-bond donors (Lipinski definition) is 0. The van der Waals surface area contributed by atoms with E-state index in [4.69, 9.17) is 5.26 Å². The summed E-state index contributed by atoms with van der Waals surface area (Å²) in [7, 11) is 0. The Balaban J connectivity index is 2.46. The lowest BCUT2D eigenvalue weighted by Crippen LogP contribution is -1.96. The van der Waals surface area contributed by atoms with Crippen molar-refractivity contribution in [2.24, 2.45) is 0 Å². The highest BCUT2D eigenvalue weighted by molar-refractivity contribution is 5.36. The van der Waals surface area contributed by atoms with E-state index in [-0.39, 0.29) is 0 Å². The summed E-state index contributed by atoms with van der Waals surface area (Å²) in [5.41, 5.74) is 5.09. The van der Waals surface area contributed by atoms with Crippen molar-refractivity contribution in [2.45, 2.75) is 46.5 Å². The fourth-order valence-electron chi connectivity index (χ4n) is 1.82. The van der Waals surface area contributed by atoms with Gasteiger partial charge in [-0.05, 0) is 40.0 Å². The average Bonchev–Trinajstić information content (AvgIpc) is 2.17. The molecule has 80 valence electrons. The molecule has 0 amide bonds. The zero-order chi connectivity index (χ0) is 11.3. The van der Waals surface area contributed by atoms with Gasteiger partial charge < -0.3 is 0 Å². The lowest BCUT2D eigenvalue weighted by molar-refractivity contribution is 0.875. The summed E-state index contributed by atoms with van der Waals surface area (Å²) >= 11 is 0. The fourth-order valence-corrected chi connectivity index (χ4v) is 1.82. The van der Waals surface area contributed by atoms with Gasteiger partial charge in [-0.1, -0.05) is 28.9 Å². The Kier molecular flexibility index (Phi) is 4.37. The highest BCUT2D eigenvalue weighted by Crippen LogP contribution is 2.26. The molecule has 0 spiro atoms. The van der Waals surface area contributed by atoms with Crippen LogP contribution in [0, 0.1) is 11.3 Å². The van der Waals surface area contributed by atoms with Crippen molar-refractivity contribution in [3.8, 4) is 6.07 Å². The third kappa shape index (κ3) is 3.75. The van der Waals surface area contributed by atoms with Gasteiger partial charge in [0.2, 0.25) is 0 Å². The number of rotatable bonds is 3. The van der Waals surface area contributed by atoms with E-state index in [1.165, 1.54) is 16.7 Å². The van der Waals surface area contributed by atoms with Gasteiger partial charge >= 0.3 is 0 Å². The van der Waals surface area contributed by atoms with Crippen LogP contribution in [0.4, 0.5) is 0 Å². The van der Waals surface area contributed by atoms with Crippen LogP contribution in [-0.4, -0.2) is 0 Å². The Morgan fingerprint density at radius 3 is 2.80 bits per heavy atom. The Hall–Kier alpha value is -1.29. The van der Waals surface area contributed by atoms with E-state index in [0.717, 1.165) is 31.3 Å². The molecule has 0 N–H and O–H groups in total. The summed E-state index contributed by atoms with van der Waals surface area (Å²) in [5, 5.41) is 8.85. The van der Waals surface area contributed by atoms with Crippen molar-refractivity contribution in [3.05, 3.63) is 34.4 Å². The maximum atomic E-state index is 8.85. The van der Waals surface area contributed by atoms with Gasteiger partial charge in [0.25, 0.3) is 0 Å². The van der Waals surface area contributed by atoms with Crippen LogP contribution in [-0.2, 0) is 0 Å². The first-order valence-electron chi connectivity index (χ1n) is 5.53. The maximum Gasteiger partial charge on any atom is 0.0949 e. The molecule has 0 radical (unpaired) electrons. The molecule has 0 aromatic rings.